The van der Waals surface area contributed by atoms with Crippen molar-refractivity contribution in [1.29, 1.82) is 0 Å². The van der Waals surface area contributed by atoms with Crippen LogP contribution in [-0.2, 0) is 19.7 Å². The molecule has 0 aromatic rings. The summed E-state index contributed by atoms with van der Waals surface area (Å²) in [5.74, 6) is -3.87. The van der Waals surface area contributed by atoms with Crippen molar-refractivity contribution in [3.8, 4) is 0 Å². The number of aliphatic carboxylic acids is 2. The molecular formula is C16H30Na2O8S. The topological polar surface area (TPSA) is 166 Å². The molecule has 0 aliphatic rings. The molecule has 8 nitrogen and oxygen atoms in total. The molecule has 0 aromatic heterocycles. The van der Waals surface area contributed by atoms with Gasteiger partial charge >= 0.3 is 59.1 Å². The fraction of sp³-hybridized carbons (Fsp3) is 0.875. The van der Waals surface area contributed by atoms with E-state index in [0.29, 0.717) is 25.7 Å². The SMILES string of the molecule is CCCCCCC(CCCCCC)(C(=O)[O-])C(C(=O)[O-])S(=O)(=O)O.O.[Na+].[Na+]. The molecule has 0 fully saturated rings. The van der Waals surface area contributed by atoms with Gasteiger partial charge in [-0.15, -0.1) is 0 Å². The molecule has 150 valence electrons. The Kier molecular flexibility index (Phi) is 23.0. The minimum atomic E-state index is -5.14. The second-order valence-corrected chi connectivity index (χ2v) is 7.78. The molecule has 0 radical (unpaired) electrons. The van der Waals surface area contributed by atoms with Crippen LogP contribution in [0.2, 0.25) is 0 Å². The molecule has 1 atom stereocenters. The van der Waals surface area contributed by atoms with Crippen LogP contribution >= 0.6 is 0 Å². The van der Waals surface area contributed by atoms with Gasteiger partial charge in [-0.25, -0.2) is 0 Å². The van der Waals surface area contributed by atoms with E-state index in [0.717, 1.165) is 25.7 Å². The molecule has 0 aromatic carbocycles. The molecule has 0 spiro atoms. The Bertz CT molecular complexity index is 499. The summed E-state index contributed by atoms with van der Waals surface area (Å²) in [4.78, 5) is 23.1. The number of rotatable bonds is 14. The van der Waals surface area contributed by atoms with Gasteiger partial charge in [-0.3, -0.25) is 4.55 Å². The van der Waals surface area contributed by atoms with Crippen molar-refractivity contribution in [2.45, 2.75) is 83.3 Å². The smallest absolute Gasteiger partial charge is 0.549 e. The monoisotopic (exact) mass is 428 g/mol. The summed E-state index contributed by atoms with van der Waals surface area (Å²) < 4.78 is 32.4. The van der Waals surface area contributed by atoms with Gasteiger partial charge in [0.2, 0.25) is 0 Å². The number of hydrogen-bond donors (Lipinski definition) is 1. The molecule has 11 heteroatoms. The standard InChI is InChI=1S/C16H30O7S.2Na.H2O/c1-3-5-7-9-11-16(15(19)20,12-10-8-6-4-2)13(14(17)18)24(21,22)23;;;/h13H,3-12H2,1-2H3,(H,17,18)(H,19,20)(H,21,22,23);;;1H2/q;2*+1;/p-2. The third-order valence-electron chi connectivity index (χ3n) is 4.37. The van der Waals surface area contributed by atoms with Crippen molar-refractivity contribution in [3.63, 3.8) is 0 Å². The molecule has 0 saturated heterocycles. The summed E-state index contributed by atoms with van der Waals surface area (Å²) in [7, 11) is -5.14. The third-order valence-corrected chi connectivity index (χ3v) is 5.61. The third kappa shape index (κ3) is 12.2. The number of carbonyl (C=O) groups excluding carboxylic acids is 2. The molecule has 0 rings (SSSR count). The number of carboxylic acid groups (broad SMARTS) is 2. The fourth-order valence-electron chi connectivity index (χ4n) is 3.07. The molecular weight excluding hydrogens is 398 g/mol. The van der Waals surface area contributed by atoms with Crippen LogP contribution in [-0.4, -0.2) is 35.6 Å². The van der Waals surface area contributed by atoms with Crippen LogP contribution in [0.3, 0.4) is 0 Å². The van der Waals surface area contributed by atoms with E-state index >= 15 is 0 Å². The van der Waals surface area contributed by atoms with Crippen LogP contribution < -0.4 is 69.3 Å². The van der Waals surface area contributed by atoms with Gasteiger partial charge in [0.05, 0.1) is 5.97 Å². The normalized spacial score (nSPS) is 12.1. The van der Waals surface area contributed by atoms with E-state index in [1.54, 1.807) is 0 Å². The van der Waals surface area contributed by atoms with Gasteiger partial charge < -0.3 is 25.3 Å². The fourth-order valence-corrected chi connectivity index (χ4v) is 4.21. The predicted molar refractivity (Wildman–Crippen MR) is 88.9 cm³/mol. The van der Waals surface area contributed by atoms with Crippen molar-refractivity contribution >= 4 is 22.1 Å². The first-order chi connectivity index (χ1) is 11.1. The van der Waals surface area contributed by atoms with Gasteiger partial charge in [-0.1, -0.05) is 65.2 Å². The Labute approximate surface area is 206 Å². The van der Waals surface area contributed by atoms with E-state index in [1.807, 2.05) is 13.8 Å². The second kappa shape index (κ2) is 17.7. The molecule has 0 amide bonds. The quantitative estimate of drug-likeness (QED) is 0.163. The van der Waals surface area contributed by atoms with Gasteiger partial charge in [0, 0.05) is 11.4 Å². The first-order valence-electron chi connectivity index (χ1n) is 8.52. The molecule has 0 saturated carbocycles. The first kappa shape index (κ1) is 35.3. The summed E-state index contributed by atoms with van der Waals surface area (Å²) in [6.07, 6.45) is 5.02. The average molecular weight is 428 g/mol. The van der Waals surface area contributed by atoms with E-state index < -0.39 is 32.7 Å². The van der Waals surface area contributed by atoms with E-state index in [2.05, 4.69) is 0 Å². The zero-order valence-electron chi connectivity index (χ0n) is 17.0. The van der Waals surface area contributed by atoms with Crippen LogP contribution in [0.4, 0.5) is 0 Å². The minimum absolute atomic E-state index is 0. The Morgan fingerprint density at radius 1 is 0.889 bits per heavy atom. The number of carboxylic acids is 2. The molecule has 0 heterocycles. The zero-order valence-corrected chi connectivity index (χ0v) is 21.8. The van der Waals surface area contributed by atoms with E-state index in [4.69, 9.17) is 0 Å². The van der Waals surface area contributed by atoms with E-state index in [1.165, 1.54) is 0 Å². The van der Waals surface area contributed by atoms with Crippen LogP contribution in [0.25, 0.3) is 0 Å². The van der Waals surface area contributed by atoms with E-state index in [-0.39, 0.29) is 77.4 Å². The summed E-state index contributed by atoms with van der Waals surface area (Å²) in [6.45, 7) is 3.91. The van der Waals surface area contributed by atoms with Crippen molar-refractivity contribution < 1.29 is 97.4 Å². The summed E-state index contributed by atoms with van der Waals surface area (Å²) in [6, 6.07) is 0. The van der Waals surface area contributed by atoms with E-state index in [9.17, 15) is 32.8 Å². The van der Waals surface area contributed by atoms with Crippen LogP contribution in [0, 0.1) is 5.41 Å². The maximum absolute atomic E-state index is 11.8. The van der Waals surface area contributed by atoms with Crippen molar-refractivity contribution in [2.75, 3.05) is 0 Å². The van der Waals surface area contributed by atoms with Gasteiger partial charge in [-0.05, 0) is 12.8 Å². The molecule has 0 bridgehead atoms. The molecule has 3 N–H and O–H groups in total. The van der Waals surface area contributed by atoms with Gasteiger partial charge in [0.1, 0.15) is 5.25 Å². The Morgan fingerprint density at radius 3 is 1.48 bits per heavy atom. The molecule has 1 unspecified atom stereocenters. The first-order valence-corrected chi connectivity index (χ1v) is 10.0. The average Bonchev–Trinajstić information content (AvgIpc) is 2.45. The number of hydrogen-bond acceptors (Lipinski definition) is 6. The van der Waals surface area contributed by atoms with Crippen LogP contribution in [0.5, 0.6) is 0 Å². The molecule has 0 aliphatic carbocycles. The largest absolute Gasteiger partial charge is 1.00 e. The predicted octanol–water partition coefficient (Wildman–Crippen LogP) is -6.15. The number of carbonyl (C=O) groups is 2. The van der Waals surface area contributed by atoms with Gasteiger partial charge in [-0.2, -0.15) is 8.42 Å². The molecule has 27 heavy (non-hydrogen) atoms. The van der Waals surface area contributed by atoms with Crippen LogP contribution in [0.1, 0.15) is 78.1 Å². The van der Waals surface area contributed by atoms with Gasteiger partial charge in [0.15, 0.2) is 0 Å². The summed E-state index contributed by atoms with van der Waals surface area (Å²) >= 11 is 0. The maximum Gasteiger partial charge on any atom is 1.00 e. The summed E-state index contributed by atoms with van der Waals surface area (Å²) in [5, 5.41) is 20.6. The molecule has 0 aliphatic heterocycles. The Balaban J connectivity index is -0.000000882. The van der Waals surface area contributed by atoms with Crippen molar-refractivity contribution in [3.05, 3.63) is 0 Å². The Hall–Kier alpha value is 0.810. The van der Waals surface area contributed by atoms with Crippen LogP contribution in [0.15, 0.2) is 0 Å². The Morgan fingerprint density at radius 2 is 1.26 bits per heavy atom. The number of unbranched alkanes of at least 4 members (excludes halogenated alkanes) is 6. The van der Waals surface area contributed by atoms with Gasteiger partial charge in [0.25, 0.3) is 10.1 Å². The second-order valence-electron chi connectivity index (χ2n) is 6.28. The maximum atomic E-state index is 11.8. The zero-order chi connectivity index (χ0) is 18.8. The van der Waals surface area contributed by atoms with Crippen molar-refractivity contribution in [1.82, 2.24) is 0 Å². The minimum Gasteiger partial charge on any atom is -0.549 e. The van der Waals surface area contributed by atoms with Crippen molar-refractivity contribution in [2.24, 2.45) is 5.41 Å². The summed E-state index contributed by atoms with van der Waals surface area (Å²) in [5.41, 5.74) is -2.17.